The number of aryl methyl sites for hydroxylation is 1. The molecule has 1 saturated heterocycles. The quantitative estimate of drug-likeness (QED) is 0.484. The second-order valence-corrected chi connectivity index (χ2v) is 9.58. The number of fused-ring (bicyclic) bond motifs is 2. The molecule has 0 N–H and O–H groups in total. The summed E-state index contributed by atoms with van der Waals surface area (Å²) in [5.41, 5.74) is 3.11. The third-order valence-corrected chi connectivity index (χ3v) is 7.24. The smallest absolute Gasteiger partial charge is 0.282 e. The molecular formula is C27H26ClFN6O. The van der Waals surface area contributed by atoms with Gasteiger partial charge in [-0.1, -0.05) is 42.4 Å². The predicted molar refractivity (Wildman–Crippen MR) is 139 cm³/mol. The van der Waals surface area contributed by atoms with Gasteiger partial charge in [0.15, 0.2) is 5.83 Å². The molecule has 7 nitrogen and oxygen atoms in total. The molecule has 9 heteroatoms. The molecule has 1 amide bonds. The predicted octanol–water partition coefficient (Wildman–Crippen LogP) is 4.57. The fraction of sp³-hybridized carbons (Fsp3) is 0.333. The number of nitriles is 1. The van der Waals surface area contributed by atoms with Gasteiger partial charge in [-0.2, -0.15) is 5.26 Å². The third-order valence-electron chi connectivity index (χ3n) is 6.93. The summed E-state index contributed by atoms with van der Waals surface area (Å²) < 4.78 is 13.6. The lowest BCUT2D eigenvalue weighted by Gasteiger charge is -2.42. The Labute approximate surface area is 214 Å². The highest BCUT2D eigenvalue weighted by atomic mass is 35.5. The number of halogens is 2. The first-order chi connectivity index (χ1) is 17.4. The number of piperazine rings is 1. The summed E-state index contributed by atoms with van der Waals surface area (Å²) in [7, 11) is 0. The summed E-state index contributed by atoms with van der Waals surface area (Å²) in [5, 5.41) is 12.2. The van der Waals surface area contributed by atoms with Crippen LogP contribution in [-0.4, -0.2) is 53.0 Å². The number of amides is 1. The molecule has 0 radical (unpaired) electrons. The van der Waals surface area contributed by atoms with Crippen LogP contribution >= 0.6 is 11.6 Å². The van der Waals surface area contributed by atoms with E-state index in [1.54, 1.807) is 0 Å². The van der Waals surface area contributed by atoms with Crippen molar-refractivity contribution >= 4 is 39.8 Å². The molecule has 0 unspecified atom stereocenters. The number of hydrogen-bond acceptors (Lipinski definition) is 6. The second-order valence-electron chi connectivity index (χ2n) is 9.17. The number of nitrogens with zero attached hydrogens (tertiary/aromatic N) is 6. The van der Waals surface area contributed by atoms with Crippen LogP contribution in [0.25, 0.3) is 10.8 Å². The molecule has 1 fully saturated rings. The van der Waals surface area contributed by atoms with Crippen LogP contribution in [0.5, 0.6) is 0 Å². The van der Waals surface area contributed by atoms with Crippen LogP contribution in [-0.2, 0) is 17.8 Å². The number of hydrogen-bond donors (Lipinski definition) is 0. The van der Waals surface area contributed by atoms with E-state index in [2.05, 4.69) is 40.6 Å². The van der Waals surface area contributed by atoms with Crippen molar-refractivity contribution in [2.24, 2.45) is 0 Å². The monoisotopic (exact) mass is 504 g/mol. The maximum atomic E-state index is 13.6. The van der Waals surface area contributed by atoms with E-state index in [1.807, 2.05) is 25.1 Å². The second kappa shape index (κ2) is 9.75. The summed E-state index contributed by atoms with van der Waals surface area (Å²) in [6.07, 6.45) is 0.854. The van der Waals surface area contributed by atoms with Gasteiger partial charge in [0.25, 0.3) is 5.91 Å². The molecule has 1 atom stereocenters. The fourth-order valence-corrected chi connectivity index (χ4v) is 5.57. The number of benzene rings is 2. The molecule has 2 aromatic carbocycles. The van der Waals surface area contributed by atoms with Crippen molar-refractivity contribution in [3.05, 3.63) is 70.9 Å². The Morgan fingerprint density at radius 2 is 1.97 bits per heavy atom. The van der Waals surface area contributed by atoms with Crippen LogP contribution < -0.4 is 9.80 Å². The summed E-state index contributed by atoms with van der Waals surface area (Å²) >= 11 is 6.59. The minimum atomic E-state index is -1.00. The largest absolute Gasteiger partial charge is 0.365 e. The van der Waals surface area contributed by atoms with Crippen LogP contribution in [0.4, 0.5) is 15.9 Å². The van der Waals surface area contributed by atoms with Gasteiger partial charge in [0.05, 0.1) is 35.8 Å². The van der Waals surface area contributed by atoms with Crippen molar-refractivity contribution in [3.63, 3.8) is 0 Å². The molecular weight excluding hydrogens is 479 g/mol. The van der Waals surface area contributed by atoms with Crippen molar-refractivity contribution in [2.45, 2.75) is 32.4 Å². The van der Waals surface area contributed by atoms with Crippen molar-refractivity contribution in [3.8, 4) is 6.07 Å². The number of carbonyl (C=O) groups excluding carboxylic acids is 1. The molecule has 5 rings (SSSR count). The summed E-state index contributed by atoms with van der Waals surface area (Å²) in [6.45, 7) is 7.60. The van der Waals surface area contributed by atoms with Gasteiger partial charge in [0.1, 0.15) is 11.6 Å². The standard InChI is InChI=1S/C27H26ClFN6O/c1-17(29)27(36)35-14-13-34(15-20(35)9-11-30)26-21-10-12-33(16-23(21)31-18(2)32-26)24-8-4-6-19-5-3-7-22(28)25(19)24/h3-8,20H,1,9-10,12-16H2,2H3/t20-/m0/s1. The fourth-order valence-electron chi connectivity index (χ4n) is 5.29. The SMILES string of the molecule is C=C(F)C(=O)N1CCN(c2nc(C)nc3c2CCN(c2cccc4cccc(Cl)c24)C3)C[C@@H]1CC#N. The topological polar surface area (TPSA) is 76.4 Å². The lowest BCUT2D eigenvalue weighted by molar-refractivity contribution is -0.131. The van der Waals surface area contributed by atoms with E-state index >= 15 is 0 Å². The van der Waals surface area contributed by atoms with Gasteiger partial charge >= 0.3 is 0 Å². The van der Waals surface area contributed by atoms with Crippen molar-refractivity contribution < 1.29 is 9.18 Å². The Morgan fingerprint density at radius 1 is 1.19 bits per heavy atom. The van der Waals surface area contributed by atoms with Gasteiger partial charge in [-0.25, -0.2) is 14.4 Å². The minimum Gasteiger partial charge on any atom is -0.365 e. The van der Waals surface area contributed by atoms with E-state index < -0.39 is 17.8 Å². The zero-order valence-corrected chi connectivity index (χ0v) is 20.8. The number of anilines is 2. The van der Waals surface area contributed by atoms with Gasteiger partial charge in [-0.05, 0) is 30.9 Å². The maximum absolute atomic E-state index is 13.6. The molecule has 184 valence electrons. The van der Waals surface area contributed by atoms with E-state index in [1.165, 1.54) is 4.90 Å². The number of rotatable bonds is 4. The molecule has 0 saturated carbocycles. The highest BCUT2D eigenvalue weighted by Crippen LogP contribution is 2.36. The van der Waals surface area contributed by atoms with Crippen LogP contribution in [0.3, 0.4) is 0 Å². The van der Waals surface area contributed by atoms with Gasteiger partial charge in [0.2, 0.25) is 0 Å². The molecule has 2 aliphatic rings. The summed E-state index contributed by atoms with van der Waals surface area (Å²) in [5.74, 6) is -0.258. The normalized spacial score (nSPS) is 17.6. The molecule has 36 heavy (non-hydrogen) atoms. The Balaban J connectivity index is 1.45. The van der Waals surface area contributed by atoms with Crippen LogP contribution in [0.1, 0.15) is 23.5 Å². The zero-order valence-electron chi connectivity index (χ0n) is 20.0. The molecule has 0 spiro atoms. The van der Waals surface area contributed by atoms with E-state index in [9.17, 15) is 14.4 Å². The van der Waals surface area contributed by atoms with E-state index in [0.717, 1.165) is 51.5 Å². The van der Waals surface area contributed by atoms with Crippen molar-refractivity contribution in [2.75, 3.05) is 36.0 Å². The zero-order chi connectivity index (χ0) is 25.4. The average Bonchev–Trinajstić information content (AvgIpc) is 2.87. The van der Waals surface area contributed by atoms with Gasteiger partial charge in [-0.3, -0.25) is 4.79 Å². The summed E-state index contributed by atoms with van der Waals surface area (Å²) in [6, 6.07) is 13.8. The van der Waals surface area contributed by atoms with Crippen LogP contribution in [0, 0.1) is 18.3 Å². The summed E-state index contributed by atoms with van der Waals surface area (Å²) in [4.78, 5) is 27.6. The highest BCUT2D eigenvalue weighted by molar-refractivity contribution is 6.36. The Kier molecular flexibility index (Phi) is 6.50. The molecule has 3 aromatic rings. The lowest BCUT2D eigenvalue weighted by Crippen LogP contribution is -2.55. The average molecular weight is 505 g/mol. The highest BCUT2D eigenvalue weighted by Gasteiger charge is 2.34. The molecule has 0 aliphatic carbocycles. The first-order valence-corrected chi connectivity index (χ1v) is 12.3. The molecule has 0 bridgehead atoms. The van der Waals surface area contributed by atoms with E-state index in [-0.39, 0.29) is 6.42 Å². The Hall–Kier alpha value is -3.70. The van der Waals surface area contributed by atoms with E-state index in [4.69, 9.17) is 21.6 Å². The van der Waals surface area contributed by atoms with Gasteiger partial charge in [0, 0.05) is 42.8 Å². The number of aromatic nitrogens is 2. The first-order valence-electron chi connectivity index (χ1n) is 11.9. The Morgan fingerprint density at radius 3 is 2.72 bits per heavy atom. The Bertz CT molecular complexity index is 1400. The van der Waals surface area contributed by atoms with Gasteiger partial charge in [-0.15, -0.1) is 0 Å². The number of carbonyl (C=O) groups is 1. The van der Waals surface area contributed by atoms with E-state index in [0.29, 0.717) is 32.0 Å². The minimum absolute atomic E-state index is 0.109. The van der Waals surface area contributed by atoms with Crippen LogP contribution in [0.15, 0.2) is 48.8 Å². The molecule has 2 aliphatic heterocycles. The lowest BCUT2D eigenvalue weighted by atomic mass is 10.0. The molecule has 1 aromatic heterocycles. The first kappa shape index (κ1) is 24.0. The van der Waals surface area contributed by atoms with Crippen molar-refractivity contribution in [1.82, 2.24) is 14.9 Å². The van der Waals surface area contributed by atoms with Crippen molar-refractivity contribution in [1.29, 1.82) is 5.26 Å². The molecule has 3 heterocycles. The van der Waals surface area contributed by atoms with Crippen LogP contribution in [0.2, 0.25) is 5.02 Å². The third kappa shape index (κ3) is 4.35. The van der Waals surface area contributed by atoms with Gasteiger partial charge < -0.3 is 14.7 Å². The maximum Gasteiger partial charge on any atom is 0.282 e.